The maximum atomic E-state index is 9.59. The Hall–Kier alpha value is -1.09. The zero-order chi connectivity index (χ0) is 16.5. The first kappa shape index (κ1) is 21.0. The van der Waals surface area contributed by atoms with Crippen LogP contribution >= 0.6 is 24.0 Å². The van der Waals surface area contributed by atoms with Gasteiger partial charge in [-0.1, -0.05) is 0 Å². The minimum absolute atomic E-state index is 0. The quantitative estimate of drug-likeness (QED) is 0.354. The van der Waals surface area contributed by atoms with Crippen molar-refractivity contribution in [3.8, 4) is 5.88 Å². The van der Waals surface area contributed by atoms with Crippen LogP contribution in [0.3, 0.4) is 0 Å². The Balaban J connectivity index is 0.00000288. The van der Waals surface area contributed by atoms with Crippen LogP contribution in [0.1, 0.15) is 45.1 Å². The second-order valence-corrected chi connectivity index (χ2v) is 5.78. The maximum absolute atomic E-state index is 9.59. The molecule has 24 heavy (non-hydrogen) atoms. The Morgan fingerprint density at radius 2 is 2.08 bits per heavy atom. The van der Waals surface area contributed by atoms with Crippen molar-refractivity contribution in [3.63, 3.8) is 0 Å². The molecule has 136 valence electrons. The zero-order valence-electron chi connectivity index (χ0n) is 14.5. The molecule has 2 rings (SSSR count). The first-order chi connectivity index (χ1) is 11.2. The van der Waals surface area contributed by atoms with Crippen molar-refractivity contribution >= 4 is 29.9 Å². The number of nitrogens with zero attached hydrogens (tertiary/aromatic N) is 2. The van der Waals surface area contributed by atoms with Gasteiger partial charge in [0.15, 0.2) is 5.96 Å². The predicted octanol–water partition coefficient (Wildman–Crippen LogP) is 2.46. The molecule has 0 aromatic carbocycles. The summed E-state index contributed by atoms with van der Waals surface area (Å²) in [5.41, 5.74) is 1.07. The van der Waals surface area contributed by atoms with E-state index in [1.165, 1.54) is 0 Å². The van der Waals surface area contributed by atoms with Crippen LogP contribution < -0.4 is 15.4 Å². The number of nitrogens with one attached hydrogen (secondary N) is 2. The average molecular weight is 448 g/mol. The van der Waals surface area contributed by atoms with Gasteiger partial charge in [0.25, 0.3) is 0 Å². The van der Waals surface area contributed by atoms with E-state index in [0.29, 0.717) is 25.1 Å². The minimum atomic E-state index is -0.138. The summed E-state index contributed by atoms with van der Waals surface area (Å²) >= 11 is 0. The summed E-state index contributed by atoms with van der Waals surface area (Å²) in [6, 6.07) is 4.26. The minimum Gasteiger partial charge on any atom is -0.478 e. The molecule has 1 aromatic heterocycles. The van der Waals surface area contributed by atoms with Gasteiger partial charge in [-0.2, -0.15) is 0 Å². The van der Waals surface area contributed by atoms with Crippen LogP contribution in [-0.4, -0.2) is 41.3 Å². The second-order valence-electron chi connectivity index (χ2n) is 5.78. The van der Waals surface area contributed by atoms with Gasteiger partial charge in [0.05, 0.1) is 19.3 Å². The number of aliphatic hydroxyl groups excluding tert-OH is 1. The van der Waals surface area contributed by atoms with E-state index in [9.17, 15) is 5.11 Å². The SMILES string of the molecule is CCNC(=NCc1ccnc(OCC)c1)NC1CCC(O)CC1.I. The van der Waals surface area contributed by atoms with E-state index in [1.54, 1.807) is 6.20 Å². The van der Waals surface area contributed by atoms with Crippen molar-refractivity contribution in [3.05, 3.63) is 23.9 Å². The average Bonchev–Trinajstić information content (AvgIpc) is 2.56. The second kappa shape index (κ2) is 11.5. The number of guanidine groups is 1. The predicted molar refractivity (Wildman–Crippen MR) is 107 cm³/mol. The lowest BCUT2D eigenvalue weighted by molar-refractivity contribution is 0.120. The molecular weight excluding hydrogens is 419 g/mol. The highest BCUT2D eigenvalue weighted by molar-refractivity contribution is 14.0. The summed E-state index contributed by atoms with van der Waals surface area (Å²) in [6.07, 6.45) is 5.29. The van der Waals surface area contributed by atoms with Gasteiger partial charge in [0, 0.05) is 24.8 Å². The lowest BCUT2D eigenvalue weighted by atomic mass is 9.93. The molecule has 0 unspecified atom stereocenters. The summed E-state index contributed by atoms with van der Waals surface area (Å²) < 4.78 is 5.42. The molecule has 0 spiro atoms. The summed E-state index contributed by atoms with van der Waals surface area (Å²) in [6.45, 7) is 6.01. The van der Waals surface area contributed by atoms with Gasteiger partial charge in [-0.15, -0.1) is 24.0 Å². The molecule has 0 amide bonds. The fourth-order valence-corrected chi connectivity index (χ4v) is 2.68. The number of pyridine rings is 1. The van der Waals surface area contributed by atoms with Gasteiger partial charge in [-0.25, -0.2) is 9.98 Å². The molecule has 3 N–H and O–H groups in total. The molecule has 1 heterocycles. The Labute approximate surface area is 161 Å². The third-order valence-electron chi connectivity index (χ3n) is 3.89. The summed E-state index contributed by atoms with van der Waals surface area (Å²) in [5.74, 6) is 1.46. The molecule has 1 saturated carbocycles. The molecule has 1 fully saturated rings. The first-order valence-electron chi connectivity index (χ1n) is 8.51. The van der Waals surface area contributed by atoms with Crippen LogP contribution in [0, 0.1) is 0 Å². The van der Waals surface area contributed by atoms with Crippen molar-refractivity contribution < 1.29 is 9.84 Å². The van der Waals surface area contributed by atoms with E-state index in [-0.39, 0.29) is 30.1 Å². The molecule has 0 atom stereocenters. The monoisotopic (exact) mass is 448 g/mol. The number of aliphatic imine (C=N–C) groups is 1. The Bertz CT molecular complexity index is 505. The van der Waals surface area contributed by atoms with E-state index < -0.39 is 0 Å². The molecule has 0 radical (unpaired) electrons. The molecule has 1 aliphatic rings. The number of hydrogen-bond acceptors (Lipinski definition) is 4. The summed E-state index contributed by atoms with van der Waals surface area (Å²) in [4.78, 5) is 8.81. The number of hydrogen-bond donors (Lipinski definition) is 3. The van der Waals surface area contributed by atoms with Crippen LogP contribution in [0.2, 0.25) is 0 Å². The number of halogens is 1. The molecule has 7 heteroatoms. The lowest BCUT2D eigenvalue weighted by Crippen LogP contribution is -2.45. The van der Waals surface area contributed by atoms with Crippen molar-refractivity contribution in [1.29, 1.82) is 0 Å². The van der Waals surface area contributed by atoms with Crippen LogP contribution in [0.15, 0.2) is 23.3 Å². The van der Waals surface area contributed by atoms with Gasteiger partial charge < -0.3 is 20.5 Å². The Morgan fingerprint density at radius 1 is 1.33 bits per heavy atom. The van der Waals surface area contributed by atoms with Crippen LogP contribution in [0.4, 0.5) is 0 Å². The van der Waals surface area contributed by atoms with Crippen LogP contribution in [0.25, 0.3) is 0 Å². The highest BCUT2D eigenvalue weighted by atomic mass is 127. The molecule has 0 bridgehead atoms. The fraction of sp³-hybridized carbons (Fsp3) is 0.647. The van der Waals surface area contributed by atoms with E-state index in [1.807, 2.05) is 19.1 Å². The third-order valence-corrected chi connectivity index (χ3v) is 3.89. The largest absolute Gasteiger partial charge is 0.478 e. The lowest BCUT2D eigenvalue weighted by Gasteiger charge is -2.27. The van der Waals surface area contributed by atoms with Gasteiger partial charge >= 0.3 is 0 Å². The van der Waals surface area contributed by atoms with Crippen molar-refractivity contribution in [1.82, 2.24) is 15.6 Å². The van der Waals surface area contributed by atoms with Crippen LogP contribution in [0.5, 0.6) is 5.88 Å². The van der Waals surface area contributed by atoms with Crippen molar-refractivity contribution in [2.45, 2.75) is 58.2 Å². The standard InChI is InChI=1S/C17H28N4O2.HI/c1-3-18-17(21-14-5-7-15(22)8-6-14)20-12-13-9-10-19-16(11-13)23-4-2;/h9-11,14-15,22H,3-8,12H2,1-2H3,(H2,18,20,21);1H. The first-order valence-corrected chi connectivity index (χ1v) is 8.51. The third kappa shape index (κ3) is 7.21. The van der Waals surface area contributed by atoms with Gasteiger partial charge in [0.1, 0.15) is 0 Å². The number of rotatable bonds is 6. The topological polar surface area (TPSA) is 78.8 Å². The van der Waals surface area contributed by atoms with E-state index in [2.05, 4.69) is 27.5 Å². The zero-order valence-corrected chi connectivity index (χ0v) is 16.8. The molecule has 0 aliphatic heterocycles. The Kier molecular flexibility index (Phi) is 10.0. The summed E-state index contributed by atoms with van der Waals surface area (Å²) in [5, 5.41) is 16.3. The molecular formula is C17H29IN4O2. The Morgan fingerprint density at radius 3 is 2.75 bits per heavy atom. The normalized spacial score (nSPS) is 20.9. The molecule has 1 aromatic rings. The maximum Gasteiger partial charge on any atom is 0.213 e. The smallest absolute Gasteiger partial charge is 0.213 e. The van der Waals surface area contributed by atoms with E-state index in [0.717, 1.165) is 43.8 Å². The van der Waals surface area contributed by atoms with Crippen LogP contribution in [-0.2, 0) is 6.54 Å². The summed E-state index contributed by atoms with van der Waals surface area (Å²) in [7, 11) is 0. The number of aromatic nitrogens is 1. The fourth-order valence-electron chi connectivity index (χ4n) is 2.68. The molecule has 6 nitrogen and oxygen atoms in total. The van der Waals surface area contributed by atoms with Crippen molar-refractivity contribution in [2.75, 3.05) is 13.2 Å². The van der Waals surface area contributed by atoms with Crippen molar-refractivity contribution in [2.24, 2.45) is 4.99 Å². The molecule has 0 saturated heterocycles. The van der Waals surface area contributed by atoms with E-state index in [4.69, 9.17) is 4.74 Å². The van der Waals surface area contributed by atoms with Gasteiger partial charge in [0.2, 0.25) is 5.88 Å². The number of aliphatic hydroxyl groups is 1. The van der Waals surface area contributed by atoms with Gasteiger partial charge in [-0.3, -0.25) is 0 Å². The highest BCUT2D eigenvalue weighted by Gasteiger charge is 2.19. The van der Waals surface area contributed by atoms with E-state index >= 15 is 0 Å². The molecule has 1 aliphatic carbocycles. The number of ether oxygens (including phenoxy) is 1. The van der Waals surface area contributed by atoms with Gasteiger partial charge in [-0.05, 0) is 51.2 Å². The highest BCUT2D eigenvalue weighted by Crippen LogP contribution is 2.18.